The molecule has 138 valence electrons. The van der Waals surface area contributed by atoms with E-state index in [0.717, 1.165) is 16.3 Å². The van der Waals surface area contributed by atoms with E-state index in [4.69, 9.17) is 5.73 Å². The summed E-state index contributed by atoms with van der Waals surface area (Å²) in [5.74, 6) is 0. The third kappa shape index (κ3) is 3.63. The molecule has 0 unspecified atom stereocenters. The van der Waals surface area contributed by atoms with Gasteiger partial charge in [-0.15, -0.1) is 0 Å². The second-order valence-electron chi connectivity index (χ2n) is 6.82. The normalized spacial score (nSPS) is 11.3. The maximum absolute atomic E-state index is 6.43. The van der Waals surface area contributed by atoms with E-state index in [9.17, 15) is 0 Å². The summed E-state index contributed by atoms with van der Waals surface area (Å²) in [6.45, 7) is 0. The Kier molecular flexibility index (Phi) is 5.62. The van der Waals surface area contributed by atoms with Crippen molar-refractivity contribution in [1.82, 2.24) is 0 Å². The molecule has 3 heteroatoms. The molecule has 0 saturated carbocycles. The zero-order valence-corrected chi connectivity index (χ0v) is 18.0. The number of nitrogen functional groups attached to an aromatic ring is 1. The maximum Gasteiger partial charge on any atom is 0.116 e. The minimum absolute atomic E-state index is 0.843. The van der Waals surface area contributed by atoms with Gasteiger partial charge < -0.3 is 5.73 Å². The summed E-state index contributed by atoms with van der Waals surface area (Å²) in [6, 6.07) is 38.9. The summed E-state index contributed by atoms with van der Waals surface area (Å²) in [6.07, 6.45) is 0.885. The highest BCUT2D eigenvalue weighted by Crippen LogP contribution is 2.58. The van der Waals surface area contributed by atoms with Crippen molar-refractivity contribution in [3.05, 3.63) is 119 Å². The number of nitrogens with two attached hydrogens (primary N) is 1. The fourth-order valence-electron chi connectivity index (χ4n) is 3.74. The second-order valence-corrected chi connectivity index (χ2v) is 11.2. The first kappa shape index (κ1) is 18.9. The van der Waals surface area contributed by atoms with Gasteiger partial charge in [-0.2, -0.15) is 0 Å². The molecule has 4 rings (SSSR count). The van der Waals surface area contributed by atoms with Crippen LogP contribution in [0.25, 0.3) is 0 Å². The molecule has 0 aliphatic heterocycles. The Bertz CT molecular complexity index is 953. The van der Waals surface area contributed by atoms with E-state index in [1.54, 1.807) is 0 Å². The van der Waals surface area contributed by atoms with Gasteiger partial charge in [-0.05, 0) is 54.6 Å². The lowest BCUT2D eigenvalue weighted by Gasteiger charge is -2.28. The van der Waals surface area contributed by atoms with Gasteiger partial charge in [-0.3, -0.25) is 0 Å². The summed E-state index contributed by atoms with van der Waals surface area (Å²) >= 11 is 3.63. The molecule has 0 heterocycles. The molecule has 4 aromatic rings. The molecule has 0 fully saturated rings. The molecule has 1 nitrogen and oxygen atoms in total. The van der Waals surface area contributed by atoms with E-state index in [1.807, 2.05) is 12.1 Å². The number of halogens is 1. The molecule has 0 spiro atoms. The smallest absolute Gasteiger partial charge is 0.116 e. The Labute approximate surface area is 175 Å². The van der Waals surface area contributed by atoms with E-state index < -0.39 is 7.26 Å². The highest BCUT2D eigenvalue weighted by Gasteiger charge is 2.45. The topological polar surface area (TPSA) is 26.0 Å². The molecule has 0 bridgehead atoms. The molecular weight excluding hydrogens is 425 g/mol. The minimum atomic E-state index is -1.92. The van der Waals surface area contributed by atoms with Crippen LogP contribution >= 0.6 is 23.2 Å². The molecule has 0 saturated heterocycles. The van der Waals surface area contributed by atoms with Gasteiger partial charge in [-0.25, -0.2) is 0 Å². The molecular formula is C25H22BrNP+. The van der Waals surface area contributed by atoms with Crippen LogP contribution in [0, 0.1) is 0 Å². The monoisotopic (exact) mass is 446 g/mol. The van der Waals surface area contributed by atoms with Crippen molar-refractivity contribution < 1.29 is 0 Å². The molecule has 0 aliphatic carbocycles. The molecule has 0 aromatic heterocycles. The zero-order valence-electron chi connectivity index (χ0n) is 15.5. The predicted octanol–water partition coefficient (Wildman–Crippen LogP) is 5.53. The molecule has 4 aromatic carbocycles. The molecule has 0 atom stereocenters. The number of rotatable bonds is 5. The number of hydrogen-bond donors (Lipinski definition) is 1. The molecule has 0 amide bonds. The first-order valence-electron chi connectivity index (χ1n) is 9.29. The highest BCUT2D eigenvalue weighted by molar-refractivity contribution is 9.10. The number of anilines is 1. The van der Waals surface area contributed by atoms with Gasteiger partial charge in [0.15, 0.2) is 0 Å². The van der Waals surface area contributed by atoms with Crippen LogP contribution in [0.5, 0.6) is 0 Å². The summed E-state index contributed by atoms with van der Waals surface area (Å²) in [7, 11) is -1.92. The van der Waals surface area contributed by atoms with Crippen molar-refractivity contribution >= 4 is 44.8 Å². The largest absolute Gasteiger partial charge is 0.398 e. The first-order chi connectivity index (χ1) is 13.7. The summed E-state index contributed by atoms with van der Waals surface area (Å²) < 4.78 is 1.06. The van der Waals surface area contributed by atoms with Crippen LogP contribution in [0.1, 0.15) is 5.56 Å². The van der Waals surface area contributed by atoms with Gasteiger partial charge >= 0.3 is 0 Å². The quantitative estimate of drug-likeness (QED) is 0.316. The van der Waals surface area contributed by atoms with Crippen LogP contribution in [0.4, 0.5) is 5.69 Å². The average molecular weight is 447 g/mol. The fraction of sp³-hybridized carbons (Fsp3) is 0.0400. The fourth-order valence-corrected chi connectivity index (χ4v) is 8.41. The van der Waals surface area contributed by atoms with Gasteiger partial charge in [0.1, 0.15) is 29.3 Å². The third-order valence-electron chi connectivity index (χ3n) is 5.10. The van der Waals surface area contributed by atoms with Crippen LogP contribution in [0.3, 0.4) is 0 Å². The summed E-state index contributed by atoms with van der Waals surface area (Å²) in [5, 5.41) is 4.10. The standard InChI is InChI=1S/C25H22BrNP/c26-21-16-17-25(27)20(18-21)19-28(22-10-4-1-5-11-22,23-12-6-2-7-13-23)24-14-8-3-9-15-24/h1-18H,19,27H2/q+1. The van der Waals surface area contributed by atoms with Crippen molar-refractivity contribution in [2.75, 3.05) is 5.73 Å². The molecule has 0 radical (unpaired) electrons. The van der Waals surface area contributed by atoms with Crippen molar-refractivity contribution in [2.45, 2.75) is 6.16 Å². The predicted molar refractivity (Wildman–Crippen MR) is 127 cm³/mol. The summed E-state index contributed by atoms with van der Waals surface area (Å²) in [4.78, 5) is 0. The Balaban J connectivity index is 2.02. The van der Waals surface area contributed by atoms with E-state index in [0.29, 0.717) is 0 Å². The average Bonchev–Trinajstić information content (AvgIpc) is 2.76. The van der Waals surface area contributed by atoms with Crippen molar-refractivity contribution in [1.29, 1.82) is 0 Å². The Morgan fingerprint density at radius 3 is 1.46 bits per heavy atom. The van der Waals surface area contributed by atoms with E-state index in [-0.39, 0.29) is 0 Å². The molecule has 2 N–H and O–H groups in total. The van der Waals surface area contributed by atoms with E-state index >= 15 is 0 Å². The van der Waals surface area contributed by atoms with Crippen LogP contribution in [0.2, 0.25) is 0 Å². The second kappa shape index (κ2) is 8.31. The van der Waals surface area contributed by atoms with E-state index in [1.165, 1.54) is 21.5 Å². The number of benzene rings is 4. The molecule has 28 heavy (non-hydrogen) atoms. The Morgan fingerprint density at radius 2 is 1.04 bits per heavy atom. The Hall–Kier alpha value is -2.41. The van der Waals surface area contributed by atoms with Crippen molar-refractivity contribution in [3.8, 4) is 0 Å². The van der Waals surface area contributed by atoms with Gasteiger partial charge in [0, 0.05) is 15.7 Å². The van der Waals surface area contributed by atoms with Crippen molar-refractivity contribution in [2.24, 2.45) is 0 Å². The SMILES string of the molecule is Nc1ccc(Br)cc1C[P+](c1ccccc1)(c1ccccc1)c1ccccc1. The first-order valence-corrected chi connectivity index (χ1v) is 12.1. The van der Waals surface area contributed by atoms with Crippen LogP contribution < -0.4 is 21.6 Å². The maximum atomic E-state index is 6.43. The van der Waals surface area contributed by atoms with Gasteiger partial charge in [0.05, 0.1) is 0 Å². The summed E-state index contributed by atoms with van der Waals surface area (Å²) in [5.41, 5.74) is 8.45. The van der Waals surface area contributed by atoms with Crippen LogP contribution in [-0.2, 0) is 6.16 Å². The van der Waals surface area contributed by atoms with Crippen LogP contribution in [-0.4, -0.2) is 0 Å². The third-order valence-corrected chi connectivity index (χ3v) is 9.95. The lowest BCUT2D eigenvalue weighted by Crippen LogP contribution is -2.32. The highest BCUT2D eigenvalue weighted by atomic mass is 79.9. The zero-order chi connectivity index (χ0) is 19.4. The lowest BCUT2D eigenvalue weighted by molar-refractivity contribution is 1.38. The van der Waals surface area contributed by atoms with Gasteiger partial charge in [0.25, 0.3) is 0 Å². The number of hydrogen-bond acceptors (Lipinski definition) is 1. The van der Waals surface area contributed by atoms with Crippen LogP contribution in [0.15, 0.2) is 114 Å². The Morgan fingerprint density at radius 1 is 0.607 bits per heavy atom. The van der Waals surface area contributed by atoms with Crippen molar-refractivity contribution in [3.63, 3.8) is 0 Å². The van der Waals surface area contributed by atoms with Gasteiger partial charge in [0.2, 0.25) is 0 Å². The lowest BCUT2D eigenvalue weighted by atomic mass is 10.2. The minimum Gasteiger partial charge on any atom is -0.398 e. The van der Waals surface area contributed by atoms with Gasteiger partial charge in [-0.1, -0.05) is 70.5 Å². The van der Waals surface area contributed by atoms with E-state index in [2.05, 4.69) is 113 Å². The molecule has 0 aliphatic rings.